The first-order chi connectivity index (χ1) is 15.6. The van der Waals surface area contributed by atoms with E-state index >= 15 is 0 Å². The molecule has 0 saturated carbocycles. The number of anilines is 2. The molecular formula is C23H16ClN7O. The van der Waals surface area contributed by atoms with Crippen molar-refractivity contribution in [1.29, 1.82) is 0 Å². The fourth-order valence-electron chi connectivity index (χ4n) is 3.28. The van der Waals surface area contributed by atoms with Crippen LogP contribution in [0.1, 0.15) is 16.1 Å². The van der Waals surface area contributed by atoms with Crippen molar-refractivity contribution in [1.82, 2.24) is 19.6 Å². The molecule has 9 heteroatoms. The van der Waals surface area contributed by atoms with Gasteiger partial charge in [0.15, 0.2) is 5.65 Å². The summed E-state index contributed by atoms with van der Waals surface area (Å²) in [5.74, 6) is -0.305. The molecular weight excluding hydrogens is 426 g/mol. The van der Waals surface area contributed by atoms with Gasteiger partial charge in [-0.25, -0.2) is 9.97 Å². The van der Waals surface area contributed by atoms with Crippen LogP contribution in [0.3, 0.4) is 0 Å². The van der Waals surface area contributed by atoms with Crippen LogP contribution in [0.25, 0.3) is 22.2 Å². The minimum atomic E-state index is -0.425. The molecule has 0 saturated heterocycles. The first-order valence-electron chi connectivity index (χ1n) is 9.69. The van der Waals surface area contributed by atoms with Crippen LogP contribution >= 0.6 is 11.6 Å². The number of nitrogens with zero attached hydrogens (tertiary/aromatic N) is 5. The summed E-state index contributed by atoms with van der Waals surface area (Å²) >= 11 is 5.94. The van der Waals surface area contributed by atoms with Gasteiger partial charge < -0.3 is 11.1 Å². The fraction of sp³-hybridized carbons (Fsp3) is 0. The van der Waals surface area contributed by atoms with Crippen LogP contribution in [0.5, 0.6) is 0 Å². The normalized spacial score (nSPS) is 11.4. The van der Waals surface area contributed by atoms with Gasteiger partial charge in [0.05, 0.1) is 22.9 Å². The number of nitrogens with two attached hydrogens (primary N) is 1. The quantitative estimate of drug-likeness (QED) is 0.403. The number of amides is 1. The molecule has 8 nitrogen and oxygen atoms in total. The molecule has 2 aromatic carbocycles. The summed E-state index contributed by atoms with van der Waals surface area (Å²) in [6.45, 7) is 0. The van der Waals surface area contributed by atoms with Crippen molar-refractivity contribution >= 4 is 57.4 Å². The molecule has 0 aliphatic rings. The lowest BCUT2D eigenvalue weighted by molar-refractivity contribution is 0.102. The number of benzene rings is 2. The number of fused-ring (bicyclic) bond motifs is 2. The van der Waals surface area contributed by atoms with E-state index in [4.69, 9.17) is 17.3 Å². The van der Waals surface area contributed by atoms with E-state index in [2.05, 4.69) is 25.4 Å². The molecule has 32 heavy (non-hydrogen) atoms. The SMILES string of the molecule is Nc1c(C(=O)Nc2ccc(Cl)cc2)c2nc3ccccc3nc2n1/N=C\c1ccccn1. The largest absolute Gasteiger partial charge is 0.383 e. The van der Waals surface area contributed by atoms with Gasteiger partial charge in [0.1, 0.15) is 16.9 Å². The summed E-state index contributed by atoms with van der Waals surface area (Å²) in [7, 11) is 0. The van der Waals surface area contributed by atoms with Crippen LogP contribution in [-0.4, -0.2) is 31.7 Å². The van der Waals surface area contributed by atoms with Crippen molar-refractivity contribution in [3.8, 4) is 0 Å². The molecule has 5 rings (SSSR count). The molecule has 0 fully saturated rings. The number of hydrogen-bond donors (Lipinski definition) is 2. The van der Waals surface area contributed by atoms with Crippen molar-refractivity contribution in [2.24, 2.45) is 5.10 Å². The standard InChI is InChI=1S/C23H16ClN7O/c24-14-8-10-15(11-9-14)28-23(32)19-20-22(30-18-7-2-1-6-17(18)29-20)31(21(19)25)27-13-16-5-3-4-12-26-16/h1-13H,25H2,(H,28,32)/b27-13-. The Labute approximate surface area is 187 Å². The molecule has 1 amide bonds. The third-order valence-electron chi connectivity index (χ3n) is 4.80. The number of pyridine rings is 1. The van der Waals surface area contributed by atoms with E-state index in [9.17, 15) is 4.79 Å². The zero-order chi connectivity index (χ0) is 22.1. The minimum Gasteiger partial charge on any atom is -0.383 e. The van der Waals surface area contributed by atoms with Gasteiger partial charge in [-0.2, -0.15) is 9.78 Å². The number of aromatic nitrogens is 4. The van der Waals surface area contributed by atoms with Crippen molar-refractivity contribution in [2.45, 2.75) is 0 Å². The third-order valence-corrected chi connectivity index (χ3v) is 5.05. The van der Waals surface area contributed by atoms with Gasteiger partial charge in [-0.1, -0.05) is 29.8 Å². The Morgan fingerprint density at radius 1 is 1.00 bits per heavy atom. The predicted molar refractivity (Wildman–Crippen MR) is 126 cm³/mol. The lowest BCUT2D eigenvalue weighted by Gasteiger charge is -2.05. The van der Waals surface area contributed by atoms with Crippen LogP contribution < -0.4 is 11.1 Å². The monoisotopic (exact) mass is 441 g/mol. The van der Waals surface area contributed by atoms with E-state index < -0.39 is 5.91 Å². The Morgan fingerprint density at radius 3 is 2.44 bits per heavy atom. The molecule has 0 unspecified atom stereocenters. The van der Waals surface area contributed by atoms with Gasteiger partial charge in [-0.3, -0.25) is 9.78 Å². The molecule has 5 aromatic rings. The molecule has 0 aliphatic carbocycles. The molecule has 0 radical (unpaired) electrons. The number of nitrogens with one attached hydrogen (secondary N) is 1. The van der Waals surface area contributed by atoms with Crippen LogP contribution in [0.2, 0.25) is 5.02 Å². The van der Waals surface area contributed by atoms with Crippen LogP contribution in [0.15, 0.2) is 78.0 Å². The highest BCUT2D eigenvalue weighted by molar-refractivity contribution is 6.30. The topological polar surface area (TPSA) is 111 Å². The highest BCUT2D eigenvalue weighted by atomic mass is 35.5. The molecule has 3 heterocycles. The van der Waals surface area contributed by atoms with E-state index in [-0.39, 0.29) is 11.4 Å². The summed E-state index contributed by atoms with van der Waals surface area (Å²) in [5.41, 5.74) is 9.81. The second kappa shape index (κ2) is 8.09. The van der Waals surface area contributed by atoms with Crippen LogP contribution in [-0.2, 0) is 0 Å². The smallest absolute Gasteiger partial charge is 0.261 e. The molecule has 0 bridgehead atoms. The zero-order valence-electron chi connectivity index (χ0n) is 16.6. The van der Waals surface area contributed by atoms with Crippen molar-refractivity contribution in [3.05, 3.63) is 89.2 Å². The van der Waals surface area contributed by atoms with Gasteiger partial charge in [0, 0.05) is 16.9 Å². The number of carbonyl (C=O) groups excluding carboxylic acids is 1. The maximum atomic E-state index is 13.2. The van der Waals surface area contributed by atoms with E-state index in [1.165, 1.54) is 4.68 Å². The molecule has 3 N–H and O–H groups in total. The fourth-order valence-corrected chi connectivity index (χ4v) is 3.41. The van der Waals surface area contributed by atoms with Gasteiger partial charge in [0.2, 0.25) is 0 Å². The second-order valence-corrected chi connectivity index (χ2v) is 7.35. The lowest BCUT2D eigenvalue weighted by atomic mass is 10.2. The summed E-state index contributed by atoms with van der Waals surface area (Å²) in [6.07, 6.45) is 3.21. The Balaban J connectivity index is 1.66. The number of para-hydroxylation sites is 2. The molecule has 0 atom stereocenters. The van der Waals surface area contributed by atoms with E-state index in [1.807, 2.05) is 36.4 Å². The summed E-state index contributed by atoms with van der Waals surface area (Å²) in [6, 6.07) is 19.6. The highest BCUT2D eigenvalue weighted by Crippen LogP contribution is 2.28. The Hall–Kier alpha value is -4.30. The third kappa shape index (κ3) is 3.63. The summed E-state index contributed by atoms with van der Waals surface area (Å²) < 4.78 is 1.40. The molecule has 3 aromatic heterocycles. The van der Waals surface area contributed by atoms with E-state index in [1.54, 1.807) is 42.7 Å². The molecule has 0 spiro atoms. The van der Waals surface area contributed by atoms with Crippen molar-refractivity contribution in [2.75, 3.05) is 11.1 Å². The predicted octanol–water partition coefficient (Wildman–Crippen LogP) is 4.35. The second-order valence-electron chi connectivity index (χ2n) is 6.92. The average Bonchev–Trinajstić information content (AvgIpc) is 3.08. The van der Waals surface area contributed by atoms with Crippen molar-refractivity contribution in [3.63, 3.8) is 0 Å². The minimum absolute atomic E-state index is 0.119. The molecule has 156 valence electrons. The average molecular weight is 442 g/mol. The number of halogens is 1. The highest BCUT2D eigenvalue weighted by Gasteiger charge is 2.24. The molecule has 0 aliphatic heterocycles. The van der Waals surface area contributed by atoms with Crippen LogP contribution in [0, 0.1) is 0 Å². The summed E-state index contributed by atoms with van der Waals surface area (Å²) in [5, 5.41) is 7.84. The van der Waals surface area contributed by atoms with E-state index in [0.717, 1.165) is 0 Å². The Kier molecular flexibility index (Phi) is 4.97. The van der Waals surface area contributed by atoms with Gasteiger partial charge >= 0.3 is 0 Å². The zero-order valence-corrected chi connectivity index (χ0v) is 17.4. The Bertz CT molecular complexity index is 1480. The maximum Gasteiger partial charge on any atom is 0.261 e. The van der Waals surface area contributed by atoms with Gasteiger partial charge in [-0.05, 0) is 48.5 Å². The van der Waals surface area contributed by atoms with Crippen LogP contribution in [0.4, 0.5) is 11.5 Å². The van der Waals surface area contributed by atoms with E-state index in [0.29, 0.717) is 38.6 Å². The van der Waals surface area contributed by atoms with Gasteiger partial charge in [0.25, 0.3) is 5.91 Å². The maximum absolute atomic E-state index is 13.2. The first kappa shape index (κ1) is 19.7. The van der Waals surface area contributed by atoms with Gasteiger partial charge in [-0.15, -0.1) is 0 Å². The lowest BCUT2D eigenvalue weighted by Crippen LogP contribution is -2.14. The first-order valence-corrected chi connectivity index (χ1v) is 10.1. The Morgan fingerprint density at radius 2 is 1.72 bits per heavy atom. The summed E-state index contributed by atoms with van der Waals surface area (Å²) in [4.78, 5) is 26.7. The number of rotatable bonds is 4. The number of carbonyl (C=O) groups is 1. The number of hydrogen-bond acceptors (Lipinski definition) is 6. The number of nitrogen functional groups attached to an aromatic ring is 1. The van der Waals surface area contributed by atoms with Crippen molar-refractivity contribution < 1.29 is 4.79 Å².